The van der Waals surface area contributed by atoms with E-state index in [4.69, 9.17) is 0 Å². The first-order valence-electron chi connectivity index (χ1n) is 7.26. The van der Waals surface area contributed by atoms with Gasteiger partial charge in [-0.25, -0.2) is 4.98 Å². The third kappa shape index (κ3) is 3.87. The van der Waals surface area contributed by atoms with Crippen LogP contribution in [0.1, 0.15) is 30.7 Å². The molecule has 2 heterocycles. The van der Waals surface area contributed by atoms with E-state index in [-0.39, 0.29) is 11.8 Å². The van der Waals surface area contributed by atoms with Crippen LogP contribution in [0.25, 0.3) is 0 Å². The summed E-state index contributed by atoms with van der Waals surface area (Å²) >= 11 is 2.86. The number of rotatable bonds is 5. The Morgan fingerprint density at radius 1 is 1.08 bits per heavy atom. The minimum absolute atomic E-state index is 0.221. The molecule has 0 saturated heterocycles. The van der Waals surface area contributed by atoms with E-state index in [1.165, 1.54) is 22.7 Å². The summed E-state index contributed by atoms with van der Waals surface area (Å²) in [7, 11) is 0. The summed E-state index contributed by atoms with van der Waals surface area (Å²) in [5, 5.41) is 10.3. The smallest absolute Gasteiger partial charge is 0.265 e. The zero-order valence-corrected chi connectivity index (χ0v) is 14.5. The molecule has 0 fully saturated rings. The lowest BCUT2D eigenvalue weighted by Gasteiger charge is -2.10. The van der Waals surface area contributed by atoms with Crippen LogP contribution in [0.4, 0.5) is 5.69 Å². The second kappa shape index (κ2) is 7.37. The molecule has 5 nitrogen and oxygen atoms in total. The lowest BCUT2D eigenvalue weighted by atomic mass is 10.1. The molecule has 0 aliphatic carbocycles. The van der Waals surface area contributed by atoms with Gasteiger partial charge in [0.15, 0.2) is 0 Å². The number of aromatic nitrogens is 1. The quantitative estimate of drug-likeness (QED) is 0.731. The van der Waals surface area contributed by atoms with Crippen LogP contribution in [-0.4, -0.2) is 16.8 Å². The average molecular weight is 357 g/mol. The van der Waals surface area contributed by atoms with E-state index in [0.717, 1.165) is 10.7 Å². The van der Waals surface area contributed by atoms with Crippen LogP contribution in [0.15, 0.2) is 47.2 Å². The largest absolute Gasteiger partial charge is 0.345 e. The van der Waals surface area contributed by atoms with E-state index in [1.54, 1.807) is 30.3 Å². The lowest BCUT2D eigenvalue weighted by Crippen LogP contribution is -2.24. The van der Waals surface area contributed by atoms with E-state index in [0.29, 0.717) is 22.7 Å². The zero-order valence-electron chi connectivity index (χ0n) is 12.9. The summed E-state index contributed by atoms with van der Waals surface area (Å²) in [6.45, 7) is 2.28. The topological polar surface area (TPSA) is 71.1 Å². The molecule has 0 radical (unpaired) electrons. The number of aryl methyl sites for hydroxylation is 1. The predicted molar refractivity (Wildman–Crippen MR) is 96.7 cm³/mol. The van der Waals surface area contributed by atoms with Crippen molar-refractivity contribution in [3.05, 3.63) is 68.3 Å². The highest BCUT2D eigenvalue weighted by atomic mass is 32.1. The molecule has 0 saturated carbocycles. The standard InChI is InChI=1S/C17H15N3O2S2/c1-11-10-24-15(19-11)9-18-16(21)12-5-2-3-6-13(12)20-17(22)14-7-4-8-23-14/h2-8,10H,9H2,1H3,(H,18,21)(H,20,22). The van der Waals surface area contributed by atoms with E-state index in [1.807, 2.05) is 23.8 Å². The summed E-state index contributed by atoms with van der Waals surface area (Å²) in [5.41, 5.74) is 1.85. The monoisotopic (exact) mass is 357 g/mol. The van der Waals surface area contributed by atoms with Gasteiger partial charge < -0.3 is 10.6 Å². The molecule has 0 aliphatic heterocycles. The third-order valence-electron chi connectivity index (χ3n) is 3.23. The van der Waals surface area contributed by atoms with Gasteiger partial charge in [-0.3, -0.25) is 9.59 Å². The Morgan fingerprint density at radius 3 is 2.62 bits per heavy atom. The fourth-order valence-corrected chi connectivity index (χ4v) is 3.45. The maximum absolute atomic E-state index is 12.4. The number of nitrogens with one attached hydrogen (secondary N) is 2. The molecular formula is C17H15N3O2S2. The van der Waals surface area contributed by atoms with Crippen molar-refractivity contribution in [2.45, 2.75) is 13.5 Å². The Hall–Kier alpha value is -2.51. The van der Waals surface area contributed by atoms with Crippen molar-refractivity contribution < 1.29 is 9.59 Å². The van der Waals surface area contributed by atoms with Gasteiger partial charge in [0.25, 0.3) is 11.8 Å². The third-order valence-corrected chi connectivity index (χ3v) is 5.07. The van der Waals surface area contributed by atoms with Gasteiger partial charge >= 0.3 is 0 Å². The Labute approximate surface area is 147 Å². The van der Waals surface area contributed by atoms with Gasteiger partial charge in [-0.1, -0.05) is 18.2 Å². The van der Waals surface area contributed by atoms with Crippen molar-refractivity contribution in [3.63, 3.8) is 0 Å². The number of carbonyl (C=O) groups is 2. The first kappa shape index (κ1) is 16.4. The van der Waals surface area contributed by atoms with Gasteiger partial charge in [-0.05, 0) is 30.5 Å². The van der Waals surface area contributed by atoms with Crippen molar-refractivity contribution in [2.24, 2.45) is 0 Å². The molecule has 0 spiro atoms. The predicted octanol–water partition coefficient (Wildman–Crippen LogP) is 3.70. The zero-order chi connectivity index (χ0) is 16.9. The Morgan fingerprint density at radius 2 is 1.92 bits per heavy atom. The van der Waals surface area contributed by atoms with Gasteiger partial charge in [0.1, 0.15) is 5.01 Å². The number of carbonyl (C=O) groups excluding carboxylic acids is 2. The normalized spacial score (nSPS) is 10.4. The molecule has 2 amide bonds. The van der Waals surface area contributed by atoms with Gasteiger partial charge in [-0.15, -0.1) is 22.7 Å². The number of thiophene rings is 1. The highest BCUT2D eigenvalue weighted by molar-refractivity contribution is 7.12. The molecule has 122 valence electrons. The van der Waals surface area contributed by atoms with Gasteiger partial charge in [-0.2, -0.15) is 0 Å². The molecule has 0 bridgehead atoms. The van der Waals surface area contributed by atoms with Crippen molar-refractivity contribution >= 4 is 40.2 Å². The molecule has 0 unspecified atom stereocenters. The van der Waals surface area contributed by atoms with Gasteiger partial charge in [0.05, 0.1) is 22.7 Å². The molecule has 7 heteroatoms. The number of para-hydroxylation sites is 1. The molecule has 1 aromatic carbocycles. The summed E-state index contributed by atoms with van der Waals surface area (Å²) in [4.78, 5) is 29.5. The van der Waals surface area contributed by atoms with E-state index < -0.39 is 0 Å². The summed E-state index contributed by atoms with van der Waals surface area (Å²) < 4.78 is 0. The maximum Gasteiger partial charge on any atom is 0.265 e. The second-order valence-electron chi connectivity index (χ2n) is 5.04. The van der Waals surface area contributed by atoms with Crippen LogP contribution in [0, 0.1) is 6.92 Å². The highest BCUT2D eigenvalue weighted by Gasteiger charge is 2.14. The summed E-state index contributed by atoms with van der Waals surface area (Å²) in [5.74, 6) is -0.467. The minimum atomic E-state index is -0.245. The van der Waals surface area contributed by atoms with Crippen LogP contribution in [-0.2, 0) is 6.54 Å². The number of anilines is 1. The molecule has 0 atom stereocenters. The summed E-state index contributed by atoms with van der Waals surface area (Å²) in [6.07, 6.45) is 0. The maximum atomic E-state index is 12.4. The first-order chi connectivity index (χ1) is 11.6. The summed E-state index contributed by atoms with van der Waals surface area (Å²) in [6, 6.07) is 10.5. The van der Waals surface area contributed by atoms with Gasteiger partial charge in [0.2, 0.25) is 0 Å². The SMILES string of the molecule is Cc1csc(CNC(=O)c2ccccc2NC(=O)c2cccs2)n1. The number of nitrogens with zero attached hydrogens (tertiary/aromatic N) is 1. The number of amides is 2. The molecule has 2 aromatic heterocycles. The molecule has 3 aromatic rings. The van der Waals surface area contributed by atoms with Crippen LogP contribution in [0.3, 0.4) is 0 Å². The van der Waals surface area contributed by atoms with E-state index >= 15 is 0 Å². The van der Waals surface area contributed by atoms with Crippen molar-refractivity contribution in [3.8, 4) is 0 Å². The molecule has 3 rings (SSSR count). The first-order valence-corrected chi connectivity index (χ1v) is 9.02. The molecule has 2 N–H and O–H groups in total. The lowest BCUT2D eigenvalue weighted by molar-refractivity contribution is 0.0951. The van der Waals surface area contributed by atoms with Crippen molar-refractivity contribution in [1.82, 2.24) is 10.3 Å². The van der Waals surface area contributed by atoms with Crippen LogP contribution in [0.2, 0.25) is 0 Å². The fraction of sp³-hybridized carbons (Fsp3) is 0.118. The van der Waals surface area contributed by atoms with E-state index in [2.05, 4.69) is 15.6 Å². The highest BCUT2D eigenvalue weighted by Crippen LogP contribution is 2.18. The van der Waals surface area contributed by atoms with Gasteiger partial charge in [0, 0.05) is 11.1 Å². The Balaban J connectivity index is 1.71. The van der Waals surface area contributed by atoms with Crippen molar-refractivity contribution in [1.29, 1.82) is 0 Å². The second-order valence-corrected chi connectivity index (χ2v) is 6.93. The molecular weight excluding hydrogens is 342 g/mol. The fourth-order valence-electron chi connectivity index (χ4n) is 2.12. The Bertz CT molecular complexity index is 856. The van der Waals surface area contributed by atoms with Crippen LogP contribution in [0.5, 0.6) is 0 Å². The number of hydrogen-bond acceptors (Lipinski definition) is 5. The number of hydrogen-bond donors (Lipinski definition) is 2. The molecule has 24 heavy (non-hydrogen) atoms. The Kier molecular flexibility index (Phi) is 5.02. The molecule has 0 aliphatic rings. The van der Waals surface area contributed by atoms with Crippen LogP contribution < -0.4 is 10.6 Å². The minimum Gasteiger partial charge on any atom is -0.345 e. The van der Waals surface area contributed by atoms with E-state index in [9.17, 15) is 9.59 Å². The number of thiazole rings is 1. The van der Waals surface area contributed by atoms with Crippen molar-refractivity contribution in [2.75, 3.05) is 5.32 Å². The number of benzene rings is 1. The average Bonchev–Trinajstić information content (AvgIpc) is 3.25. The van der Waals surface area contributed by atoms with Crippen LogP contribution >= 0.6 is 22.7 Å².